The van der Waals surface area contributed by atoms with E-state index in [1.165, 1.54) is 11.1 Å². The van der Waals surface area contributed by atoms with Crippen molar-refractivity contribution < 1.29 is 0 Å². The molecule has 4 rings (SSSR count). The maximum atomic E-state index is 12.6. The number of H-pyrrole nitrogens is 1. The zero-order chi connectivity index (χ0) is 14.4. The van der Waals surface area contributed by atoms with Crippen LogP contribution in [-0.4, -0.2) is 9.55 Å². The summed E-state index contributed by atoms with van der Waals surface area (Å²) in [6.07, 6.45) is 1.02. The van der Waals surface area contributed by atoms with Crippen molar-refractivity contribution in [2.75, 3.05) is 0 Å². The third kappa shape index (κ3) is 1.94. The standard InChI is InChI=1S/C17H14N2OS/c20-16-14-7-3-4-8-15(14)18-17(21)19(16)10-12-9-11-5-1-2-6-13(11)12/h1-8,12H,9-10H2,(H,18,21). The second kappa shape index (κ2) is 4.67. The molecule has 1 unspecified atom stereocenters. The van der Waals surface area contributed by atoms with E-state index in [1.807, 2.05) is 24.3 Å². The minimum Gasteiger partial charge on any atom is -0.332 e. The molecule has 0 saturated heterocycles. The van der Waals surface area contributed by atoms with Crippen LogP contribution in [0.3, 0.4) is 0 Å². The Morgan fingerprint density at radius 1 is 1.14 bits per heavy atom. The predicted molar refractivity (Wildman–Crippen MR) is 86.3 cm³/mol. The van der Waals surface area contributed by atoms with Gasteiger partial charge in [-0.3, -0.25) is 9.36 Å². The zero-order valence-corrected chi connectivity index (χ0v) is 12.2. The highest BCUT2D eigenvalue weighted by atomic mass is 32.1. The van der Waals surface area contributed by atoms with E-state index in [4.69, 9.17) is 12.2 Å². The Morgan fingerprint density at radius 3 is 2.76 bits per heavy atom. The van der Waals surface area contributed by atoms with Crippen LogP contribution in [0.5, 0.6) is 0 Å². The Balaban J connectivity index is 1.79. The lowest BCUT2D eigenvalue weighted by atomic mass is 9.77. The van der Waals surface area contributed by atoms with Gasteiger partial charge in [0, 0.05) is 12.5 Å². The molecule has 3 aromatic rings. The molecule has 1 aliphatic rings. The summed E-state index contributed by atoms with van der Waals surface area (Å²) in [4.78, 5) is 15.8. The summed E-state index contributed by atoms with van der Waals surface area (Å²) in [5.41, 5.74) is 3.52. The lowest BCUT2D eigenvalue weighted by molar-refractivity contribution is 0.492. The summed E-state index contributed by atoms with van der Waals surface area (Å²) < 4.78 is 2.20. The maximum Gasteiger partial charge on any atom is 0.262 e. The van der Waals surface area contributed by atoms with Gasteiger partial charge in [-0.25, -0.2) is 0 Å². The molecule has 104 valence electrons. The Labute approximate surface area is 126 Å². The van der Waals surface area contributed by atoms with Crippen LogP contribution >= 0.6 is 12.2 Å². The lowest BCUT2D eigenvalue weighted by Crippen LogP contribution is -2.29. The molecule has 0 aliphatic heterocycles. The van der Waals surface area contributed by atoms with E-state index in [9.17, 15) is 4.79 Å². The molecule has 0 amide bonds. The molecule has 4 heteroatoms. The van der Waals surface area contributed by atoms with Crippen LogP contribution in [0.15, 0.2) is 53.3 Å². The number of hydrogen-bond acceptors (Lipinski definition) is 2. The Hall–Kier alpha value is -2.20. The van der Waals surface area contributed by atoms with E-state index in [-0.39, 0.29) is 5.56 Å². The van der Waals surface area contributed by atoms with Crippen LogP contribution in [0.25, 0.3) is 10.9 Å². The van der Waals surface area contributed by atoms with E-state index < -0.39 is 0 Å². The number of para-hydroxylation sites is 1. The fraction of sp³-hybridized carbons (Fsp3) is 0.176. The minimum atomic E-state index is -0.00117. The average Bonchev–Trinajstić information content (AvgIpc) is 2.47. The summed E-state index contributed by atoms with van der Waals surface area (Å²) in [7, 11) is 0. The third-order valence-corrected chi connectivity index (χ3v) is 4.58. The average molecular weight is 294 g/mol. The van der Waals surface area contributed by atoms with Gasteiger partial charge in [0.25, 0.3) is 5.56 Å². The first-order chi connectivity index (χ1) is 10.2. The lowest BCUT2D eigenvalue weighted by Gasteiger charge is -2.30. The zero-order valence-electron chi connectivity index (χ0n) is 11.4. The first-order valence-corrected chi connectivity index (χ1v) is 7.44. The fourth-order valence-electron chi connectivity index (χ4n) is 3.11. The van der Waals surface area contributed by atoms with Gasteiger partial charge in [-0.15, -0.1) is 0 Å². The molecule has 3 nitrogen and oxygen atoms in total. The third-order valence-electron chi connectivity index (χ3n) is 4.25. The largest absolute Gasteiger partial charge is 0.332 e. The smallest absolute Gasteiger partial charge is 0.262 e. The summed E-state index contributed by atoms with van der Waals surface area (Å²) in [6.45, 7) is 0.649. The number of aromatic nitrogens is 2. The Bertz CT molecular complexity index is 955. The topological polar surface area (TPSA) is 37.8 Å². The van der Waals surface area contributed by atoms with Gasteiger partial charge in [0.05, 0.1) is 10.9 Å². The molecule has 2 aromatic carbocycles. The first kappa shape index (κ1) is 12.5. The first-order valence-electron chi connectivity index (χ1n) is 7.04. The second-order valence-corrected chi connectivity index (χ2v) is 5.88. The monoisotopic (exact) mass is 294 g/mol. The van der Waals surface area contributed by atoms with Crippen LogP contribution in [0.4, 0.5) is 0 Å². The number of fused-ring (bicyclic) bond motifs is 2. The van der Waals surface area contributed by atoms with Crippen molar-refractivity contribution in [3.05, 3.63) is 74.8 Å². The number of hydrogen-bond donors (Lipinski definition) is 1. The quantitative estimate of drug-likeness (QED) is 0.736. The molecular formula is C17H14N2OS. The van der Waals surface area contributed by atoms with Crippen molar-refractivity contribution >= 4 is 23.1 Å². The van der Waals surface area contributed by atoms with E-state index in [0.717, 1.165) is 11.9 Å². The number of benzene rings is 2. The molecule has 1 heterocycles. The Kier molecular flexibility index (Phi) is 2.79. The van der Waals surface area contributed by atoms with Crippen LogP contribution in [0.1, 0.15) is 17.0 Å². The van der Waals surface area contributed by atoms with Crippen molar-refractivity contribution in [2.24, 2.45) is 0 Å². The molecule has 0 saturated carbocycles. The highest BCUT2D eigenvalue weighted by Crippen LogP contribution is 2.35. The van der Waals surface area contributed by atoms with Crippen molar-refractivity contribution in [3.8, 4) is 0 Å². The van der Waals surface area contributed by atoms with E-state index >= 15 is 0 Å². The van der Waals surface area contributed by atoms with Crippen LogP contribution in [0.2, 0.25) is 0 Å². The molecule has 0 bridgehead atoms. The van der Waals surface area contributed by atoms with Gasteiger partial charge in [-0.05, 0) is 41.9 Å². The van der Waals surface area contributed by atoms with Gasteiger partial charge in [0.15, 0.2) is 4.77 Å². The van der Waals surface area contributed by atoms with Gasteiger partial charge < -0.3 is 4.98 Å². The maximum absolute atomic E-state index is 12.6. The van der Waals surface area contributed by atoms with Gasteiger partial charge in [-0.2, -0.15) is 0 Å². The molecule has 21 heavy (non-hydrogen) atoms. The minimum absolute atomic E-state index is 0.00117. The number of rotatable bonds is 2. The second-order valence-electron chi connectivity index (χ2n) is 5.49. The Morgan fingerprint density at radius 2 is 1.90 bits per heavy atom. The molecule has 0 radical (unpaired) electrons. The van der Waals surface area contributed by atoms with Crippen molar-refractivity contribution in [1.82, 2.24) is 9.55 Å². The molecule has 0 spiro atoms. The molecule has 1 atom stereocenters. The summed E-state index contributed by atoms with van der Waals surface area (Å²) in [5, 5.41) is 0.693. The van der Waals surface area contributed by atoms with Gasteiger partial charge in [0.2, 0.25) is 0 Å². The summed E-state index contributed by atoms with van der Waals surface area (Å²) in [6, 6.07) is 15.9. The van der Waals surface area contributed by atoms with Gasteiger partial charge in [0.1, 0.15) is 0 Å². The van der Waals surface area contributed by atoms with Gasteiger partial charge >= 0.3 is 0 Å². The fourth-order valence-corrected chi connectivity index (χ4v) is 3.38. The summed E-state index contributed by atoms with van der Waals surface area (Å²) in [5.74, 6) is 0.384. The van der Waals surface area contributed by atoms with Gasteiger partial charge in [-0.1, -0.05) is 36.4 Å². The normalized spacial score (nSPS) is 16.5. The molecule has 0 fully saturated rings. The molecule has 1 aromatic heterocycles. The van der Waals surface area contributed by atoms with Crippen molar-refractivity contribution in [1.29, 1.82) is 0 Å². The number of nitrogens with zero attached hydrogens (tertiary/aromatic N) is 1. The van der Waals surface area contributed by atoms with Crippen LogP contribution in [-0.2, 0) is 13.0 Å². The molecule has 1 aliphatic carbocycles. The van der Waals surface area contributed by atoms with Crippen molar-refractivity contribution in [2.45, 2.75) is 18.9 Å². The number of aromatic amines is 1. The SMILES string of the molecule is O=c1c2ccccc2[nH]c(=S)n1CC1Cc2ccccc21. The van der Waals surface area contributed by atoms with E-state index in [1.54, 1.807) is 4.57 Å². The van der Waals surface area contributed by atoms with Crippen LogP contribution in [0, 0.1) is 4.77 Å². The molecular weight excluding hydrogens is 280 g/mol. The van der Waals surface area contributed by atoms with E-state index in [0.29, 0.717) is 22.6 Å². The van der Waals surface area contributed by atoms with E-state index in [2.05, 4.69) is 29.2 Å². The predicted octanol–water partition coefficient (Wildman–Crippen LogP) is 3.40. The number of nitrogens with one attached hydrogen (secondary N) is 1. The van der Waals surface area contributed by atoms with Crippen molar-refractivity contribution in [3.63, 3.8) is 0 Å². The van der Waals surface area contributed by atoms with Crippen LogP contribution < -0.4 is 5.56 Å². The summed E-state index contributed by atoms with van der Waals surface area (Å²) >= 11 is 5.36. The molecule has 1 N–H and O–H groups in total. The highest BCUT2D eigenvalue weighted by molar-refractivity contribution is 7.71. The highest BCUT2D eigenvalue weighted by Gasteiger charge is 2.26.